The van der Waals surface area contributed by atoms with E-state index in [2.05, 4.69) is 15.9 Å². The summed E-state index contributed by atoms with van der Waals surface area (Å²) in [7, 11) is -0.916. The highest BCUT2D eigenvalue weighted by Gasteiger charge is 2.25. The van der Waals surface area contributed by atoms with Gasteiger partial charge in [0, 0.05) is 9.37 Å². The Morgan fingerprint density at radius 3 is 3.00 bits per heavy atom. The predicted octanol–water partition coefficient (Wildman–Crippen LogP) is 1.96. The van der Waals surface area contributed by atoms with E-state index in [0.717, 1.165) is 16.0 Å². The molecule has 70 valence electrons. The van der Waals surface area contributed by atoms with Gasteiger partial charge in [-0.25, -0.2) is 0 Å². The monoisotopic (exact) mass is 260 g/mol. The summed E-state index contributed by atoms with van der Waals surface area (Å²) in [5.74, 6) is 0.621. The van der Waals surface area contributed by atoms with E-state index in [1.807, 2.05) is 24.3 Å². The van der Waals surface area contributed by atoms with Crippen LogP contribution in [0, 0.1) is 0 Å². The predicted molar refractivity (Wildman–Crippen MR) is 55.2 cm³/mol. The molecule has 1 heterocycles. The van der Waals surface area contributed by atoms with Crippen molar-refractivity contribution in [1.82, 2.24) is 0 Å². The van der Waals surface area contributed by atoms with Crippen LogP contribution in [0.25, 0.3) is 0 Å². The van der Waals surface area contributed by atoms with Gasteiger partial charge in [-0.1, -0.05) is 22.0 Å². The number of ether oxygens (including phenoxy) is 1. The lowest BCUT2D eigenvalue weighted by Crippen LogP contribution is -2.03. The molecule has 2 rings (SSSR count). The minimum Gasteiger partial charge on any atom is -0.372 e. The SMILES string of the molecule is O=S(CC1CO1)c1cccc(Br)c1. The van der Waals surface area contributed by atoms with Crippen molar-refractivity contribution in [2.45, 2.75) is 11.0 Å². The minimum atomic E-state index is -0.916. The first-order valence-electron chi connectivity index (χ1n) is 4.01. The van der Waals surface area contributed by atoms with Crippen molar-refractivity contribution >= 4 is 26.7 Å². The Bertz CT molecular complexity index is 336. The summed E-state index contributed by atoms with van der Waals surface area (Å²) in [5, 5.41) is 0. The fourth-order valence-electron chi connectivity index (χ4n) is 1.04. The summed E-state index contributed by atoms with van der Waals surface area (Å²) >= 11 is 3.35. The Morgan fingerprint density at radius 1 is 1.62 bits per heavy atom. The van der Waals surface area contributed by atoms with Crippen molar-refractivity contribution in [3.05, 3.63) is 28.7 Å². The zero-order chi connectivity index (χ0) is 9.26. The van der Waals surface area contributed by atoms with E-state index in [4.69, 9.17) is 4.74 Å². The third kappa shape index (κ3) is 2.62. The van der Waals surface area contributed by atoms with Crippen LogP contribution in [0.15, 0.2) is 33.6 Å². The minimum absolute atomic E-state index is 0.222. The molecule has 4 heteroatoms. The molecule has 0 saturated carbocycles. The molecule has 2 atom stereocenters. The summed E-state index contributed by atoms with van der Waals surface area (Å²) in [6, 6.07) is 7.58. The highest BCUT2D eigenvalue weighted by Crippen LogP contribution is 2.18. The highest BCUT2D eigenvalue weighted by molar-refractivity contribution is 9.10. The molecule has 1 aromatic carbocycles. The Hall–Kier alpha value is -0.190. The average molecular weight is 261 g/mol. The Kier molecular flexibility index (Phi) is 2.81. The lowest BCUT2D eigenvalue weighted by atomic mass is 10.4. The molecule has 1 aliphatic rings. The summed E-state index contributed by atoms with van der Waals surface area (Å²) in [5.41, 5.74) is 0. The first-order chi connectivity index (χ1) is 6.25. The molecule has 0 N–H and O–H groups in total. The van der Waals surface area contributed by atoms with Crippen LogP contribution in [0.4, 0.5) is 0 Å². The van der Waals surface area contributed by atoms with Gasteiger partial charge in [-0.15, -0.1) is 0 Å². The van der Waals surface area contributed by atoms with Crippen LogP contribution >= 0.6 is 15.9 Å². The number of rotatable bonds is 3. The Balaban J connectivity index is 2.09. The molecule has 1 aliphatic heterocycles. The molecule has 0 aromatic heterocycles. The van der Waals surface area contributed by atoms with Crippen molar-refractivity contribution in [2.75, 3.05) is 12.4 Å². The maximum Gasteiger partial charge on any atom is 0.0928 e. The largest absolute Gasteiger partial charge is 0.372 e. The molecule has 1 aromatic rings. The Morgan fingerprint density at radius 2 is 2.38 bits per heavy atom. The van der Waals surface area contributed by atoms with Crippen LogP contribution in [0.3, 0.4) is 0 Å². The van der Waals surface area contributed by atoms with Crippen LogP contribution in [0.1, 0.15) is 0 Å². The molecule has 2 nitrogen and oxygen atoms in total. The van der Waals surface area contributed by atoms with E-state index >= 15 is 0 Å². The Labute approximate surface area is 87.9 Å². The summed E-state index contributed by atoms with van der Waals surface area (Å²) < 4.78 is 17.7. The van der Waals surface area contributed by atoms with Gasteiger partial charge in [0.1, 0.15) is 0 Å². The first kappa shape index (κ1) is 9.37. The topological polar surface area (TPSA) is 29.6 Å². The number of benzene rings is 1. The smallest absolute Gasteiger partial charge is 0.0928 e. The van der Waals surface area contributed by atoms with Crippen LogP contribution < -0.4 is 0 Å². The van der Waals surface area contributed by atoms with Gasteiger partial charge in [0.2, 0.25) is 0 Å². The normalized spacial score (nSPS) is 22.7. The van der Waals surface area contributed by atoms with Crippen molar-refractivity contribution < 1.29 is 8.95 Å². The van der Waals surface area contributed by atoms with E-state index in [0.29, 0.717) is 5.75 Å². The van der Waals surface area contributed by atoms with Crippen molar-refractivity contribution in [3.63, 3.8) is 0 Å². The summed E-state index contributed by atoms with van der Waals surface area (Å²) in [4.78, 5) is 0.866. The number of halogens is 1. The van der Waals surface area contributed by atoms with Crippen LogP contribution in [-0.4, -0.2) is 22.7 Å². The second kappa shape index (κ2) is 3.90. The van der Waals surface area contributed by atoms with Gasteiger partial charge in [-0.2, -0.15) is 0 Å². The summed E-state index contributed by atoms with van der Waals surface area (Å²) in [6.07, 6.45) is 0.222. The maximum atomic E-state index is 11.7. The van der Waals surface area contributed by atoms with Crippen molar-refractivity contribution in [1.29, 1.82) is 0 Å². The van der Waals surface area contributed by atoms with E-state index in [1.165, 1.54) is 0 Å². The molecule has 2 unspecified atom stereocenters. The van der Waals surface area contributed by atoms with Crippen molar-refractivity contribution in [2.24, 2.45) is 0 Å². The van der Waals surface area contributed by atoms with Gasteiger partial charge >= 0.3 is 0 Å². The molecule has 1 fully saturated rings. The third-order valence-electron chi connectivity index (χ3n) is 1.80. The van der Waals surface area contributed by atoms with E-state index in [9.17, 15) is 4.21 Å². The fourth-order valence-corrected chi connectivity index (χ4v) is 2.80. The first-order valence-corrected chi connectivity index (χ1v) is 6.12. The van der Waals surface area contributed by atoms with Gasteiger partial charge in [0.15, 0.2) is 0 Å². The number of hydrogen-bond donors (Lipinski definition) is 0. The average Bonchev–Trinajstić information content (AvgIpc) is 2.88. The second-order valence-corrected chi connectivity index (χ2v) is 5.34. The fraction of sp³-hybridized carbons (Fsp3) is 0.333. The standard InChI is InChI=1S/C9H9BrO2S/c10-7-2-1-3-9(4-7)13(11)6-8-5-12-8/h1-4,8H,5-6H2. The van der Waals surface area contributed by atoms with Gasteiger partial charge in [0.05, 0.1) is 29.3 Å². The number of epoxide rings is 1. The lowest BCUT2D eigenvalue weighted by Gasteiger charge is -1.99. The van der Waals surface area contributed by atoms with Gasteiger partial charge in [-0.05, 0) is 18.2 Å². The van der Waals surface area contributed by atoms with E-state index < -0.39 is 10.8 Å². The maximum absolute atomic E-state index is 11.7. The van der Waals surface area contributed by atoms with Crippen LogP contribution in [0.5, 0.6) is 0 Å². The zero-order valence-corrected chi connectivity index (χ0v) is 9.31. The van der Waals surface area contributed by atoms with Gasteiger partial charge in [-0.3, -0.25) is 4.21 Å². The molecule has 0 spiro atoms. The molecular formula is C9H9BrO2S. The van der Waals surface area contributed by atoms with Crippen LogP contribution in [0.2, 0.25) is 0 Å². The lowest BCUT2D eigenvalue weighted by molar-refractivity contribution is 0.425. The molecule has 13 heavy (non-hydrogen) atoms. The molecule has 0 aliphatic carbocycles. The molecular weight excluding hydrogens is 252 g/mol. The van der Waals surface area contributed by atoms with Gasteiger partial charge in [0.25, 0.3) is 0 Å². The second-order valence-electron chi connectivity index (χ2n) is 2.92. The molecule has 0 radical (unpaired) electrons. The number of hydrogen-bond acceptors (Lipinski definition) is 2. The zero-order valence-electron chi connectivity index (χ0n) is 6.90. The van der Waals surface area contributed by atoms with E-state index in [1.54, 1.807) is 0 Å². The van der Waals surface area contributed by atoms with Crippen LogP contribution in [-0.2, 0) is 15.5 Å². The van der Waals surface area contributed by atoms with Gasteiger partial charge < -0.3 is 4.74 Å². The molecule has 1 saturated heterocycles. The van der Waals surface area contributed by atoms with E-state index in [-0.39, 0.29) is 6.10 Å². The third-order valence-corrected chi connectivity index (χ3v) is 3.75. The van der Waals surface area contributed by atoms with Crippen molar-refractivity contribution in [3.8, 4) is 0 Å². The molecule has 0 bridgehead atoms. The summed E-state index contributed by atoms with van der Waals surface area (Å²) in [6.45, 7) is 0.764. The highest BCUT2D eigenvalue weighted by atomic mass is 79.9. The quantitative estimate of drug-likeness (QED) is 0.778. The molecule has 0 amide bonds.